The Morgan fingerprint density at radius 2 is 1.61 bits per heavy atom. The van der Waals surface area contributed by atoms with E-state index in [9.17, 15) is 31.2 Å². The van der Waals surface area contributed by atoms with Crippen LogP contribution < -0.4 is 15.2 Å². The highest BCUT2D eigenvalue weighted by molar-refractivity contribution is 7.89. The van der Waals surface area contributed by atoms with Crippen LogP contribution in [-0.2, 0) is 19.6 Å². The van der Waals surface area contributed by atoms with Gasteiger partial charge >= 0.3 is 12.5 Å². The van der Waals surface area contributed by atoms with Gasteiger partial charge in [0.05, 0.1) is 4.90 Å². The molecule has 0 aromatic heterocycles. The predicted molar refractivity (Wildman–Crippen MR) is 102 cm³/mol. The number of likely N-dealkylation sites (tertiary alicyclic amines) is 1. The first-order valence-corrected chi connectivity index (χ1v) is 10.7. The van der Waals surface area contributed by atoms with Gasteiger partial charge in [0.15, 0.2) is 0 Å². The fourth-order valence-electron chi connectivity index (χ4n) is 2.93. The van der Waals surface area contributed by atoms with Crippen molar-refractivity contribution in [2.75, 3.05) is 13.1 Å². The summed E-state index contributed by atoms with van der Waals surface area (Å²) in [5.41, 5.74) is 3.07. The minimum absolute atomic E-state index is 0.0126. The summed E-state index contributed by atoms with van der Waals surface area (Å²) in [6.45, 7) is 5.11. The lowest BCUT2D eigenvalue weighted by molar-refractivity contribution is -0.274. The first-order chi connectivity index (χ1) is 14.0. The van der Waals surface area contributed by atoms with E-state index in [1.54, 1.807) is 20.8 Å². The van der Waals surface area contributed by atoms with E-state index < -0.39 is 45.3 Å². The standard InChI is InChI=1S/C18H24F3N3O6S/c1-16(2,3)30-15(26)24-10-8-17(9-11-24,14(22)25)23-31(27,28)13-6-4-12(5-7-13)29-18(19,20)21/h4-7,23H,8-11H2,1-3H3,(H2,22,25). The van der Waals surface area contributed by atoms with Crippen LogP contribution in [0.3, 0.4) is 0 Å². The summed E-state index contributed by atoms with van der Waals surface area (Å²) in [7, 11) is -4.31. The quantitative estimate of drug-likeness (QED) is 0.683. The number of ether oxygens (including phenoxy) is 2. The number of hydrogen-bond donors (Lipinski definition) is 2. The molecule has 0 bridgehead atoms. The number of sulfonamides is 1. The number of hydrogen-bond acceptors (Lipinski definition) is 6. The highest BCUT2D eigenvalue weighted by Gasteiger charge is 2.45. The largest absolute Gasteiger partial charge is 0.573 e. The lowest BCUT2D eigenvalue weighted by atomic mass is 9.88. The van der Waals surface area contributed by atoms with Crippen molar-refractivity contribution in [3.63, 3.8) is 0 Å². The summed E-state index contributed by atoms with van der Waals surface area (Å²) in [6, 6.07) is 3.50. The van der Waals surface area contributed by atoms with E-state index in [1.807, 2.05) is 0 Å². The van der Waals surface area contributed by atoms with E-state index >= 15 is 0 Å². The summed E-state index contributed by atoms with van der Waals surface area (Å²) >= 11 is 0. The smallest absolute Gasteiger partial charge is 0.444 e. The molecular formula is C18H24F3N3O6S. The molecule has 0 spiro atoms. The number of carbonyl (C=O) groups excluding carboxylic acids is 2. The van der Waals surface area contributed by atoms with Crippen molar-refractivity contribution in [1.29, 1.82) is 0 Å². The summed E-state index contributed by atoms with van der Waals surface area (Å²) in [4.78, 5) is 25.3. The number of nitrogens with zero attached hydrogens (tertiary/aromatic N) is 1. The van der Waals surface area contributed by atoms with E-state index in [1.165, 1.54) is 4.90 Å². The van der Waals surface area contributed by atoms with Crippen LogP contribution in [0.1, 0.15) is 33.6 Å². The first-order valence-electron chi connectivity index (χ1n) is 9.21. The Balaban J connectivity index is 2.14. The highest BCUT2D eigenvalue weighted by Crippen LogP contribution is 2.28. The van der Waals surface area contributed by atoms with Crippen molar-refractivity contribution in [3.05, 3.63) is 24.3 Å². The molecule has 0 unspecified atom stereocenters. The fourth-order valence-corrected chi connectivity index (χ4v) is 4.36. The van der Waals surface area contributed by atoms with Crippen LogP contribution in [0, 0.1) is 0 Å². The van der Waals surface area contributed by atoms with Crippen LogP contribution in [0.15, 0.2) is 29.2 Å². The average Bonchev–Trinajstić information content (AvgIpc) is 2.59. The normalized spacial score (nSPS) is 17.2. The molecular weight excluding hydrogens is 443 g/mol. The van der Waals surface area contributed by atoms with Gasteiger partial charge in [-0.2, -0.15) is 4.72 Å². The number of nitrogens with one attached hydrogen (secondary N) is 1. The summed E-state index contributed by atoms with van der Waals surface area (Å²) in [5, 5.41) is 0. The summed E-state index contributed by atoms with van der Waals surface area (Å²) < 4.78 is 73.5. The molecule has 1 aromatic rings. The average molecular weight is 467 g/mol. The fraction of sp³-hybridized carbons (Fsp3) is 0.556. The molecule has 1 aliphatic heterocycles. The summed E-state index contributed by atoms with van der Waals surface area (Å²) in [6.07, 6.45) is -5.73. The molecule has 13 heteroatoms. The maximum absolute atomic E-state index is 12.7. The van der Waals surface area contributed by atoms with Crippen molar-refractivity contribution in [2.45, 2.75) is 56.0 Å². The first kappa shape index (κ1) is 24.7. The van der Waals surface area contributed by atoms with Crippen molar-refractivity contribution < 1.29 is 40.7 Å². The van der Waals surface area contributed by atoms with Crippen LogP contribution in [0.2, 0.25) is 0 Å². The predicted octanol–water partition coefficient (Wildman–Crippen LogP) is 2.12. The van der Waals surface area contributed by atoms with Gasteiger partial charge in [0, 0.05) is 13.1 Å². The molecule has 0 aliphatic carbocycles. The third kappa shape index (κ3) is 6.72. The zero-order valence-corrected chi connectivity index (χ0v) is 18.0. The zero-order valence-electron chi connectivity index (χ0n) is 17.2. The third-order valence-corrected chi connectivity index (χ3v) is 5.99. The molecule has 1 heterocycles. The van der Waals surface area contributed by atoms with Gasteiger partial charge in [0.1, 0.15) is 16.9 Å². The Labute approximate surface area is 177 Å². The Morgan fingerprint density at radius 3 is 2.03 bits per heavy atom. The number of amides is 2. The molecule has 0 radical (unpaired) electrons. The van der Waals surface area contributed by atoms with Gasteiger partial charge in [-0.15, -0.1) is 13.2 Å². The van der Waals surface area contributed by atoms with Gasteiger partial charge in [-0.05, 0) is 57.9 Å². The number of alkyl halides is 3. The number of rotatable bonds is 5. The summed E-state index contributed by atoms with van der Waals surface area (Å²) in [5.74, 6) is -1.53. The lowest BCUT2D eigenvalue weighted by Gasteiger charge is -2.40. The molecule has 9 nitrogen and oxygen atoms in total. The van der Waals surface area contributed by atoms with E-state index in [4.69, 9.17) is 10.5 Å². The van der Waals surface area contributed by atoms with Crippen LogP contribution in [0.5, 0.6) is 5.75 Å². The molecule has 1 aromatic carbocycles. The Kier molecular flexibility index (Phi) is 6.81. The van der Waals surface area contributed by atoms with Gasteiger partial charge in [0.25, 0.3) is 0 Å². The van der Waals surface area contributed by atoms with Crippen LogP contribution in [0.25, 0.3) is 0 Å². The second kappa shape index (κ2) is 8.54. The van der Waals surface area contributed by atoms with Gasteiger partial charge < -0.3 is 20.1 Å². The monoisotopic (exact) mass is 467 g/mol. The SMILES string of the molecule is CC(C)(C)OC(=O)N1CCC(NS(=O)(=O)c2ccc(OC(F)(F)F)cc2)(C(N)=O)CC1. The molecule has 174 valence electrons. The number of nitrogens with two attached hydrogens (primary N) is 1. The second-order valence-corrected chi connectivity index (χ2v) is 9.72. The Bertz CT molecular complexity index is 918. The number of benzene rings is 1. The number of primary amides is 1. The molecule has 31 heavy (non-hydrogen) atoms. The third-order valence-electron chi connectivity index (χ3n) is 4.44. The van der Waals surface area contributed by atoms with E-state index in [-0.39, 0.29) is 30.8 Å². The van der Waals surface area contributed by atoms with Crippen molar-refractivity contribution in [1.82, 2.24) is 9.62 Å². The van der Waals surface area contributed by atoms with E-state index in [0.29, 0.717) is 0 Å². The van der Waals surface area contributed by atoms with Crippen LogP contribution >= 0.6 is 0 Å². The van der Waals surface area contributed by atoms with Crippen LogP contribution in [-0.4, -0.2) is 55.9 Å². The topological polar surface area (TPSA) is 128 Å². The highest BCUT2D eigenvalue weighted by atomic mass is 32.2. The van der Waals surface area contributed by atoms with E-state index in [2.05, 4.69) is 9.46 Å². The second-order valence-electron chi connectivity index (χ2n) is 8.04. The van der Waals surface area contributed by atoms with Crippen LogP contribution in [0.4, 0.5) is 18.0 Å². The molecule has 2 rings (SSSR count). The lowest BCUT2D eigenvalue weighted by Crippen LogP contribution is -2.62. The van der Waals surface area contributed by atoms with Gasteiger partial charge in [-0.25, -0.2) is 13.2 Å². The maximum Gasteiger partial charge on any atom is 0.573 e. The van der Waals surface area contributed by atoms with Gasteiger partial charge in [-0.1, -0.05) is 0 Å². The minimum Gasteiger partial charge on any atom is -0.444 e. The van der Waals surface area contributed by atoms with Gasteiger partial charge in [-0.3, -0.25) is 4.79 Å². The Hall–Kier alpha value is -2.54. The molecule has 3 N–H and O–H groups in total. The zero-order chi connectivity index (χ0) is 23.7. The number of piperidine rings is 1. The Morgan fingerprint density at radius 1 is 1.10 bits per heavy atom. The molecule has 0 saturated carbocycles. The van der Waals surface area contributed by atoms with Crippen molar-refractivity contribution >= 4 is 22.0 Å². The maximum atomic E-state index is 12.7. The molecule has 2 amide bonds. The minimum atomic E-state index is -4.92. The number of carbonyl (C=O) groups is 2. The van der Waals surface area contributed by atoms with Gasteiger partial charge in [0.2, 0.25) is 15.9 Å². The van der Waals surface area contributed by atoms with Crippen molar-refractivity contribution in [2.24, 2.45) is 5.73 Å². The van der Waals surface area contributed by atoms with E-state index in [0.717, 1.165) is 24.3 Å². The molecule has 1 fully saturated rings. The molecule has 0 atom stereocenters. The number of halogens is 3. The van der Waals surface area contributed by atoms with Crippen molar-refractivity contribution in [3.8, 4) is 5.75 Å². The molecule has 1 aliphatic rings. The molecule has 1 saturated heterocycles.